The van der Waals surface area contributed by atoms with Crippen LogP contribution in [0.5, 0.6) is 0 Å². The van der Waals surface area contributed by atoms with Crippen LogP contribution in [0.15, 0.2) is 28.5 Å². The molecule has 1 amide bonds. The Morgan fingerprint density at radius 1 is 1.28 bits per heavy atom. The summed E-state index contributed by atoms with van der Waals surface area (Å²) in [5.41, 5.74) is 0.917. The van der Waals surface area contributed by atoms with E-state index >= 15 is 0 Å². The van der Waals surface area contributed by atoms with Gasteiger partial charge in [-0.05, 0) is 38.0 Å². The molecule has 25 heavy (non-hydrogen) atoms. The molecule has 1 N–H and O–H groups in total. The first-order valence-electron chi connectivity index (χ1n) is 7.91. The predicted molar refractivity (Wildman–Crippen MR) is 98.9 cm³/mol. The number of rotatable bonds is 4. The van der Waals surface area contributed by atoms with Gasteiger partial charge in [-0.2, -0.15) is 4.31 Å². The molecule has 1 aliphatic rings. The smallest absolute Gasteiger partial charge is 0.259 e. The van der Waals surface area contributed by atoms with Crippen molar-refractivity contribution in [2.75, 3.05) is 18.4 Å². The highest BCUT2D eigenvalue weighted by Gasteiger charge is 2.27. The average Bonchev–Trinajstić information content (AvgIpc) is 3.00. The Kier molecular flexibility index (Phi) is 5.43. The number of hydrogen-bond acceptors (Lipinski definition) is 5. The predicted octanol–water partition coefficient (Wildman–Crippen LogP) is 3.53. The van der Waals surface area contributed by atoms with Crippen LogP contribution in [0, 0.1) is 6.92 Å². The molecule has 1 saturated heterocycles. The number of benzene rings is 1. The van der Waals surface area contributed by atoms with Gasteiger partial charge in [0, 0.05) is 18.5 Å². The van der Waals surface area contributed by atoms with Crippen molar-refractivity contribution in [2.45, 2.75) is 31.1 Å². The summed E-state index contributed by atoms with van der Waals surface area (Å²) in [6.07, 6.45) is 2.74. The van der Waals surface area contributed by atoms with Gasteiger partial charge < -0.3 is 0 Å². The number of aromatic nitrogens is 1. The van der Waals surface area contributed by atoms with Gasteiger partial charge in [0.2, 0.25) is 10.0 Å². The molecule has 9 heteroatoms. The third-order valence-electron chi connectivity index (χ3n) is 3.97. The largest absolute Gasteiger partial charge is 0.298 e. The fourth-order valence-electron chi connectivity index (χ4n) is 2.67. The monoisotopic (exact) mass is 399 g/mol. The van der Waals surface area contributed by atoms with Crippen LogP contribution in [0.2, 0.25) is 5.02 Å². The van der Waals surface area contributed by atoms with Gasteiger partial charge >= 0.3 is 0 Å². The zero-order valence-corrected chi connectivity index (χ0v) is 16.0. The number of anilines is 1. The molecule has 0 radical (unpaired) electrons. The molecule has 6 nitrogen and oxygen atoms in total. The van der Waals surface area contributed by atoms with Crippen LogP contribution in [0.1, 0.15) is 35.3 Å². The highest BCUT2D eigenvalue weighted by molar-refractivity contribution is 7.89. The number of nitrogens with one attached hydrogen (secondary N) is 1. The number of amides is 1. The molecule has 1 fully saturated rings. The normalized spacial score (nSPS) is 15.9. The van der Waals surface area contributed by atoms with Crippen LogP contribution in [-0.4, -0.2) is 36.7 Å². The molecule has 0 saturated carbocycles. The first kappa shape index (κ1) is 18.3. The summed E-state index contributed by atoms with van der Waals surface area (Å²) in [6, 6.07) is 4.22. The molecule has 0 spiro atoms. The molecule has 0 bridgehead atoms. The minimum absolute atomic E-state index is 0.0827. The highest BCUT2D eigenvalue weighted by atomic mass is 35.5. The number of nitrogens with zero attached hydrogens (tertiary/aromatic N) is 2. The first-order valence-corrected chi connectivity index (χ1v) is 10.6. The molecule has 134 valence electrons. The zero-order valence-electron chi connectivity index (χ0n) is 13.7. The topological polar surface area (TPSA) is 79.4 Å². The Morgan fingerprint density at radius 2 is 2.00 bits per heavy atom. The van der Waals surface area contributed by atoms with E-state index in [0.29, 0.717) is 18.2 Å². The number of aryl methyl sites for hydroxylation is 1. The first-order chi connectivity index (χ1) is 11.9. The molecular formula is C16H18ClN3O3S2. The molecule has 3 rings (SSSR count). The fraction of sp³-hybridized carbons (Fsp3) is 0.375. The van der Waals surface area contributed by atoms with Crippen molar-refractivity contribution in [3.05, 3.63) is 39.9 Å². The molecule has 2 aromatic rings. The Labute approximate surface area is 155 Å². The number of carbonyl (C=O) groups excluding carboxylic acids is 1. The maximum atomic E-state index is 12.8. The van der Waals surface area contributed by atoms with Crippen LogP contribution < -0.4 is 5.32 Å². The number of sulfonamides is 1. The summed E-state index contributed by atoms with van der Waals surface area (Å²) >= 11 is 7.41. The van der Waals surface area contributed by atoms with Gasteiger partial charge in [-0.25, -0.2) is 13.4 Å². The average molecular weight is 400 g/mol. The maximum absolute atomic E-state index is 12.8. The maximum Gasteiger partial charge on any atom is 0.259 e. The van der Waals surface area contributed by atoms with E-state index in [1.807, 2.05) is 12.3 Å². The van der Waals surface area contributed by atoms with Crippen molar-refractivity contribution in [3.63, 3.8) is 0 Å². The lowest BCUT2D eigenvalue weighted by Gasteiger charge is -2.26. The number of carbonyl (C=O) groups is 1. The van der Waals surface area contributed by atoms with Gasteiger partial charge in [0.25, 0.3) is 5.91 Å². The van der Waals surface area contributed by atoms with E-state index < -0.39 is 15.9 Å². The second-order valence-corrected chi connectivity index (χ2v) is 9.06. The summed E-state index contributed by atoms with van der Waals surface area (Å²) in [4.78, 5) is 16.7. The summed E-state index contributed by atoms with van der Waals surface area (Å²) in [5, 5.41) is 5.11. The minimum Gasteiger partial charge on any atom is -0.298 e. The summed E-state index contributed by atoms with van der Waals surface area (Å²) in [6.45, 7) is 2.83. The van der Waals surface area contributed by atoms with Crippen LogP contribution in [0.25, 0.3) is 0 Å². The van der Waals surface area contributed by atoms with Crippen molar-refractivity contribution >= 4 is 44.0 Å². The minimum atomic E-state index is -3.62. The lowest BCUT2D eigenvalue weighted by Crippen LogP contribution is -2.35. The van der Waals surface area contributed by atoms with Crippen LogP contribution >= 0.6 is 22.9 Å². The van der Waals surface area contributed by atoms with E-state index in [-0.39, 0.29) is 15.5 Å². The Morgan fingerprint density at radius 3 is 2.64 bits per heavy atom. The molecule has 1 aliphatic heterocycles. The molecular weight excluding hydrogens is 382 g/mol. The van der Waals surface area contributed by atoms with E-state index in [9.17, 15) is 13.2 Å². The highest BCUT2D eigenvalue weighted by Crippen LogP contribution is 2.26. The summed E-state index contributed by atoms with van der Waals surface area (Å²) in [5.74, 6) is -0.477. The van der Waals surface area contributed by atoms with E-state index in [4.69, 9.17) is 11.6 Å². The van der Waals surface area contributed by atoms with Crippen molar-refractivity contribution in [3.8, 4) is 0 Å². The molecule has 2 heterocycles. The van der Waals surface area contributed by atoms with Crippen molar-refractivity contribution in [2.24, 2.45) is 0 Å². The third-order valence-corrected chi connectivity index (χ3v) is 7.07. The fourth-order valence-corrected chi connectivity index (χ4v) is 5.10. The number of thiazole rings is 1. The van der Waals surface area contributed by atoms with E-state index in [1.54, 1.807) is 0 Å². The standard InChI is InChI=1S/C16H18ClN3O3S2/c1-11-10-24-16(18-11)19-15(21)13-9-12(5-6-14(13)17)25(22,23)20-7-3-2-4-8-20/h5-6,9-10H,2-4,7-8H2,1H3,(H,18,19,21). The molecule has 1 aromatic carbocycles. The van der Waals surface area contributed by atoms with Gasteiger partial charge in [-0.15, -0.1) is 11.3 Å². The quantitative estimate of drug-likeness (QED) is 0.852. The lowest BCUT2D eigenvalue weighted by molar-refractivity contribution is 0.102. The van der Waals surface area contributed by atoms with E-state index in [0.717, 1.165) is 25.0 Å². The van der Waals surface area contributed by atoms with Gasteiger partial charge in [0.05, 0.1) is 21.2 Å². The zero-order chi connectivity index (χ0) is 18.0. The molecule has 0 unspecified atom stereocenters. The van der Waals surface area contributed by atoms with Crippen molar-refractivity contribution < 1.29 is 13.2 Å². The Hall–Kier alpha value is -1.48. The Bertz CT molecular complexity index is 890. The molecule has 1 aromatic heterocycles. The summed E-state index contributed by atoms with van der Waals surface area (Å²) < 4.78 is 27.0. The number of hydrogen-bond donors (Lipinski definition) is 1. The van der Waals surface area contributed by atoms with Crippen molar-refractivity contribution in [1.29, 1.82) is 0 Å². The molecule has 0 aliphatic carbocycles. The molecule has 0 atom stereocenters. The van der Waals surface area contributed by atoms with E-state index in [2.05, 4.69) is 10.3 Å². The Balaban J connectivity index is 1.88. The second kappa shape index (κ2) is 7.41. The van der Waals surface area contributed by atoms with Gasteiger partial charge in [0.15, 0.2) is 5.13 Å². The van der Waals surface area contributed by atoms with Gasteiger partial charge in [-0.3, -0.25) is 10.1 Å². The van der Waals surface area contributed by atoms with Crippen molar-refractivity contribution in [1.82, 2.24) is 9.29 Å². The van der Waals surface area contributed by atoms with Gasteiger partial charge in [0.1, 0.15) is 0 Å². The number of halogens is 1. The second-order valence-electron chi connectivity index (χ2n) is 5.85. The number of piperidine rings is 1. The van der Waals surface area contributed by atoms with Crippen LogP contribution in [0.3, 0.4) is 0 Å². The SMILES string of the molecule is Cc1csc(NC(=O)c2cc(S(=O)(=O)N3CCCCC3)ccc2Cl)n1. The van der Waals surface area contributed by atoms with E-state index in [1.165, 1.54) is 33.8 Å². The lowest BCUT2D eigenvalue weighted by atomic mass is 10.2. The third kappa shape index (κ3) is 4.03. The van der Waals surface area contributed by atoms with Gasteiger partial charge in [-0.1, -0.05) is 18.0 Å². The van der Waals surface area contributed by atoms with Crippen LogP contribution in [0.4, 0.5) is 5.13 Å². The van der Waals surface area contributed by atoms with Crippen LogP contribution in [-0.2, 0) is 10.0 Å². The summed E-state index contributed by atoms with van der Waals surface area (Å²) in [7, 11) is -3.62.